The Morgan fingerprint density at radius 1 is 1.64 bits per heavy atom. The van der Waals surface area contributed by atoms with Gasteiger partial charge in [-0.3, -0.25) is 5.32 Å². The van der Waals surface area contributed by atoms with Crippen LogP contribution in [0, 0.1) is 0 Å². The van der Waals surface area contributed by atoms with Crippen LogP contribution in [-0.4, -0.2) is 12.7 Å². The molecule has 0 saturated carbocycles. The topological polar surface area (TPSA) is 24.1 Å². The molecule has 1 aliphatic rings. The van der Waals surface area contributed by atoms with E-state index in [-0.39, 0.29) is 0 Å². The van der Waals surface area contributed by atoms with E-state index < -0.39 is 0 Å². The smallest absolute Gasteiger partial charge is 0.0657 e. The second-order valence-corrected chi connectivity index (χ2v) is 2.62. The molecule has 0 aromatic heterocycles. The first kappa shape index (κ1) is 8.08. The first-order chi connectivity index (χ1) is 5.25. The Hall–Kier alpha value is -1.02. The number of nitrogens with one attached hydrogen (secondary N) is 2. The van der Waals surface area contributed by atoms with Gasteiger partial charge in [-0.15, -0.1) is 0 Å². The fourth-order valence-electron chi connectivity index (χ4n) is 1.05. The molecule has 1 saturated heterocycles. The Morgan fingerprint density at radius 2 is 2.36 bits per heavy atom. The fraction of sp³-hybridized carbons (Fsp3) is 0.333. The first-order valence-electron chi connectivity index (χ1n) is 3.75. The molecule has 1 aliphatic heterocycles. The second-order valence-electron chi connectivity index (χ2n) is 2.62. The average molecular weight is 150 g/mol. The van der Waals surface area contributed by atoms with Crippen molar-refractivity contribution >= 4 is 0 Å². The summed E-state index contributed by atoms with van der Waals surface area (Å²) in [7, 11) is 0. The molecule has 1 unspecified atom stereocenters. The van der Waals surface area contributed by atoms with Crippen molar-refractivity contribution in [2.45, 2.75) is 13.0 Å². The molecule has 1 rings (SSSR count). The van der Waals surface area contributed by atoms with Gasteiger partial charge in [0.1, 0.15) is 0 Å². The van der Waals surface area contributed by atoms with Crippen LogP contribution in [0.5, 0.6) is 0 Å². The van der Waals surface area contributed by atoms with E-state index in [1.165, 1.54) is 0 Å². The SMILES string of the molecule is C=C/C=C1/NCNC(C)C1=C. The highest BCUT2D eigenvalue weighted by Crippen LogP contribution is 2.12. The highest BCUT2D eigenvalue weighted by atomic mass is 15.1. The molecule has 0 aromatic rings. The summed E-state index contributed by atoms with van der Waals surface area (Å²) in [5, 5.41) is 6.41. The monoisotopic (exact) mass is 150 g/mol. The third-order valence-electron chi connectivity index (χ3n) is 1.84. The maximum atomic E-state index is 3.95. The second kappa shape index (κ2) is 3.39. The molecule has 1 heterocycles. The molecular formula is C9H14N2. The van der Waals surface area contributed by atoms with Crippen molar-refractivity contribution in [3.63, 3.8) is 0 Å². The highest BCUT2D eigenvalue weighted by molar-refractivity contribution is 5.34. The maximum Gasteiger partial charge on any atom is 0.0657 e. The van der Waals surface area contributed by atoms with Crippen molar-refractivity contribution < 1.29 is 0 Å². The fourth-order valence-corrected chi connectivity index (χ4v) is 1.05. The maximum absolute atomic E-state index is 3.95. The van der Waals surface area contributed by atoms with Gasteiger partial charge in [-0.25, -0.2) is 0 Å². The van der Waals surface area contributed by atoms with Crippen molar-refractivity contribution in [2.75, 3.05) is 6.67 Å². The summed E-state index contributed by atoms with van der Waals surface area (Å²) in [6, 6.07) is 0.363. The van der Waals surface area contributed by atoms with Gasteiger partial charge in [-0.2, -0.15) is 0 Å². The molecule has 2 heteroatoms. The summed E-state index contributed by atoms with van der Waals surface area (Å²) in [5.74, 6) is 0. The third-order valence-corrected chi connectivity index (χ3v) is 1.84. The Bertz CT molecular complexity index is 204. The Balaban J connectivity index is 2.73. The van der Waals surface area contributed by atoms with E-state index in [0.717, 1.165) is 17.9 Å². The van der Waals surface area contributed by atoms with Crippen molar-refractivity contribution in [1.82, 2.24) is 10.6 Å². The lowest BCUT2D eigenvalue weighted by Gasteiger charge is -2.26. The minimum Gasteiger partial charge on any atom is -0.372 e. The number of rotatable bonds is 1. The predicted octanol–water partition coefficient (Wildman–Crippen LogP) is 1.15. The largest absolute Gasteiger partial charge is 0.372 e. The summed E-state index contributed by atoms with van der Waals surface area (Å²) >= 11 is 0. The quantitative estimate of drug-likeness (QED) is 0.586. The van der Waals surface area contributed by atoms with Crippen LogP contribution in [0.1, 0.15) is 6.92 Å². The summed E-state index contributed by atoms with van der Waals surface area (Å²) in [4.78, 5) is 0. The third kappa shape index (κ3) is 1.71. The summed E-state index contributed by atoms with van der Waals surface area (Å²) in [6.07, 6.45) is 3.71. The zero-order valence-electron chi connectivity index (χ0n) is 6.85. The molecule has 0 bridgehead atoms. The van der Waals surface area contributed by atoms with Gasteiger partial charge in [-0.05, 0) is 18.6 Å². The number of hydrogen-bond donors (Lipinski definition) is 2. The lowest BCUT2D eigenvalue weighted by molar-refractivity contribution is 0.532. The van der Waals surface area contributed by atoms with E-state index in [2.05, 4.69) is 30.7 Å². The molecule has 0 amide bonds. The summed E-state index contributed by atoms with van der Waals surface area (Å²) in [6.45, 7) is 10.5. The van der Waals surface area contributed by atoms with E-state index >= 15 is 0 Å². The molecule has 0 aromatic carbocycles. The number of allylic oxidation sites excluding steroid dienone is 2. The van der Waals surface area contributed by atoms with Crippen LogP contribution in [0.25, 0.3) is 0 Å². The van der Waals surface area contributed by atoms with Crippen LogP contribution in [0.2, 0.25) is 0 Å². The van der Waals surface area contributed by atoms with E-state index in [9.17, 15) is 0 Å². The summed E-state index contributed by atoms with van der Waals surface area (Å²) < 4.78 is 0. The minimum atomic E-state index is 0.363. The number of hydrogen-bond acceptors (Lipinski definition) is 2. The zero-order chi connectivity index (χ0) is 8.27. The molecule has 2 N–H and O–H groups in total. The van der Waals surface area contributed by atoms with Gasteiger partial charge in [0.05, 0.1) is 6.67 Å². The standard InChI is InChI=1S/C9H14N2/c1-4-5-9-7(2)8(3)10-6-11-9/h4-5,8,10-11H,1-2,6H2,3H3/b9-5+. The first-order valence-corrected chi connectivity index (χ1v) is 3.75. The van der Waals surface area contributed by atoms with Gasteiger partial charge >= 0.3 is 0 Å². The lowest BCUT2D eigenvalue weighted by atomic mass is 10.1. The van der Waals surface area contributed by atoms with Crippen LogP contribution < -0.4 is 10.6 Å². The van der Waals surface area contributed by atoms with Crippen LogP contribution in [-0.2, 0) is 0 Å². The van der Waals surface area contributed by atoms with Gasteiger partial charge < -0.3 is 5.32 Å². The van der Waals surface area contributed by atoms with Crippen molar-refractivity contribution in [2.24, 2.45) is 0 Å². The molecule has 60 valence electrons. The van der Waals surface area contributed by atoms with Crippen molar-refractivity contribution in [3.8, 4) is 0 Å². The summed E-state index contributed by atoms with van der Waals surface area (Å²) in [5.41, 5.74) is 2.18. The van der Waals surface area contributed by atoms with Gasteiger partial charge in [0.2, 0.25) is 0 Å². The lowest BCUT2D eigenvalue weighted by Crippen LogP contribution is -2.43. The van der Waals surface area contributed by atoms with E-state index in [4.69, 9.17) is 0 Å². The zero-order valence-corrected chi connectivity index (χ0v) is 6.85. The molecular weight excluding hydrogens is 136 g/mol. The molecule has 1 fully saturated rings. The van der Waals surface area contributed by atoms with Crippen LogP contribution in [0.15, 0.2) is 36.6 Å². The average Bonchev–Trinajstić information content (AvgIpc) is 1.99. The molecule has 11 heavy (non-hydrogen) atoms. The van der Waals surface area contributed by atoms with Gasteiger partial charge in [0.15, 0.2) is 0 Å². The van der Waals surface area contributed by atoms with E-state index in [0.29, 0.717) is 6.04 Å². The van der Waals surface area contributed by atoms with Crippen LogP contribution in [0.4, 0.5) is 0 Å². The Morgan fingerprint density at radius 3 is 3.00 bits per heavy atom. The van der Waals surface area contributed by atoms with E-state index in [1.807, 2.05) is 6.08 Å². The molecule has 2 nitrogen and oxygen atoms in total. The minimum absolute atomic E-state index is 0.363. The Labute approximate surface area is 67.7 Å². The molecule has 0 aliphatic carbocycles. The van der Waals surface area contributed by atoms with Crippen molar-refractivity contribution in [1.29, 1.82) is 0 Å². The molecule has 1 atom stereocenters. The van der Waals surface area contributed by atoms with Crippen LogP contribution >= 0.6 is 0 Å². The molecule has 0 spiro atoms. The van der Waals surface area contributed by atoms with E-state index in [1.54, 1.807) is 6.08 Å². The predicted molar refractivity (Wildman–Crippen MR) is 48.0 cm³/mol. The van der Waals surface area contributed by atoms with Crippen molar-refractivity contribution in [3.05, 3.63) is 36.6 Å². The normalized spacial score (nSPS) is 28.3. The van der Waals surface area contributed by atoms with Gasteiger partial charge in [0.25, 0.3) is 0 Å². The molecule has 0 radical (unpaired) electrons. The van der Waals surface area contributed by atoms with Gasteiger partial charge in [0, 0.05) is 11.7 Å². The Kier molecular flexibility index (Phi) is 2.49. The van der Waals surface area contributed by atoms with Gasteiger partial charge in [-0.1, -0.05) is 19.2 Å². The highest BCUT2D eigenvalue weighted by Gasteiger charge is 2.14. The van der Waals surface area contributed by atoms with Crippen LogP contribution in [0.3, 0.4) is 0 Å².